The van der Waals surface area contributed by atoms with E-state index in [1.807, 2.05) is 60.7 Å². The smallest absolute Gasteiger partial charge is 0.312 e. The van der Waals surface area contributed by atoms with Crippen LogP contribution in [0.1, 0.15) is 22.3 Å². The standard InChI is InChI=1S/C24H19NO3/c1-17-21-9-5-6-10-22(21)24(27)25(17)16-15-23(26)28-20-13-11-19(12-14-20)18-7-3-2-4-8-18/h2-14H,1,15-16H2. The van der Waals surface area contributed by atoms with Gasteiger partial charge in [0.25, 0.3) is 5.91 Å². The van der Waals surface area contributed by atoms with Crippen molar-refractivity contribution >= 4 is 17.6 Å². The molecule has 0 aliphatic carbocycles. The molecule has 0 radical (unpaired) electrons. The van der Waals surface area contributed by atoms with E-state index < -0.39 is 0 Å². The summed E-state index contributed by atoms with van der Waals surface area (Å²) >= 11 is 0. The van der Waals surface area contributed by atoms with Crippen molar-refractivity contribution < 1.29 is 14.3 Å². The van der Waals surface area contributed by atoms with Gasteiger partial charge in [0.05, 0.1) is 6.42 Å². The lowest BCUT2D eigenvalue weighted by molar-refractivity contribution is -0.134. The van der Waals surface area contributed by atoms with Crippen molar-refractivity contribution in [1.82, 2.24) is 4.90 Å². The van der Waals surface area contributed by atoms with Gasteiger partial charge in [-0.3, -0.25) is 9.59 Å². The van der Waals surface area contributed by atoms with Crippen LogP contribution in [0.5, 0.6) is 5.75 Å². The van der Waals surface area contributed by atoms with Crippen LogP contribution in [0, 0.1) is 0 Å². The molecule has 1 aliphatic rings. The van der Waals surface area contributed by atoms with Crippen molar-refractivity contribution in [3.63, 3.8) is 0 Å². The molecule has 4 nitrogen and oxygen atoms in total. The summed E-state index contributed by atoms with van der Waals surface area (Å²) in [6.45, 7) is 4.22. The molecular weight excluding hydrogens is 350 g/mol. The second-order valence-electron chi connectivity index (χ2n) is 6.56. The predicted molar refractivity (Wildman–Crippen MR) is 109 cm³/mol. The number of carbonyl (C=O) groups is 2. The van der Waals surface area contributed by atoms with Gasteiger partial charge in [0, 0.05) is 23.4 Å². The van der Waals surface area contributed by atoms with Gasteiger partial charge in [-0.25, -0.2) is 0 Å². The quantitative estimate of drug-likeness (QED) is 0.480. The van der Waals surface area contributed by atoms with E-state index in [0.717, 1.165) is 16.7 Å². The maximum atomic E-state index is 12.5. The van der Waals surface area contributed by atoms with Crippen LogP contribution in [0.25, 0.3) is 16.8 Å². The van der Waals surface area contributed by atoms with Gasteiger partial charge < -0.3 is 9.64 Å². The van der Waals surface area contributed by atoms with Crippen molar-refractivity contribution in [1.29, 1.82) is 0 Å². The van der Waals surface area contributed by atoms with Gasteiger partial charge >= 0.3 is 5.97 Å². The Labute approximate surface area is 163 Å². The lowest BCUT2D eigenvalue weighted by atomic mass is 10.1. The highest BCUT2D eigenvalue weighted by Crippen LogP contribution is 2.31. The van der Waals surface area contributed by atoms with E-state index in [1.54, 1.807) is 18.2 Å². The number of benzene rings is 3. The van der Waals surface area contributed by atoms with Crippen molar-refractivity contribution in [2.45, 2.75) is 6.42 Å². The minimum atomic E-state index is -0.385. The summed E-state index contributed by atoms with van der Waals surface area (Å²) in [5.41, 5.74) is 4.22. The molecule has 3 aromatic rings. The van der Waals surface area contributed by atoms with Gasteiger partial charge in [0.15, 0.2) is 0 Å². The second kappa shape index (κ2) is 7.53. The largest absolute Gasteiger partial charge is 0.426 e. The highest BCUT2D eigenvalue weighted by atomic mass is 16.5. The molecule has 0 unspecified atom stereocenters. The Bertz CT molecular complexity index is 1000. The third-order valence-corrected chi connectivity index (χ3v) is 4.77. The molecule has 0 atom stereocenters. The fourth-order valence-electron chi connectivity index (χ4n) is 3.30. The molecule has 1 amide bonds. The molecule has 0 aromatic heterocycles. The average Bonchev–Trinajstić information content (AvgIpc) is 2.98. The molecule has 0 bridgehead atoms. The zero-order valence-electron chi connectivity index (χ0n) is 15.3. The van der Waals surface area contributed by atoms with Gasteiger partial charge in [-0.2, -0.15) is 0 Å². The Balaban J connectivity index is 1.35. The first-order valence-electron chi connectivity index (χ1n) is 9.10. The number of nitrogens with zero attached hydrogens (tertiary/aromatic N) is 1. The Kier molecular flexibility index (Phi) is 4.77. The minimum Gasteiger partial charge on any atom is -0.426 e. The predicted octanol–water partition coefficient (Wildman–Crippen LogP) is 4.78. The topological polar surface area (TPSA) is 46.6 Å². The number of hydrogen-bond donors (Lipinski definition) is 0. The van der Waals surface area contributed by atoms with Crippen molar-refractivity contribution in [2.24, 2.45) is 0 Å². The Morgan fingerprint density at radius 3 is 2.11 bits per heavy atom. The van der Waals surface area contributed by atoms with Crippen LogP contribution in [0.2, 0.25) is 0 Å². The number of amides is 1. The highest BCUT2D eigenvalue weighted by molar-refractivity contribution is 6.08. The summed E-state index contributed by atoms with van der Waals surface area (Å²) in [5.74, 6) is -0.0239. The second-order valence-corrected chi connectivity index (χ2v) is 6.56. The SMILES string of the molecule is C=C1c2ccccc2C(=O)N1CCC(=O)Oc1ccc(-c2ccccc2)cc1. The van der Waals surface area contributed by atoms with Crippen LogP contribution in [0.15, 0.2) is 85.4 Å². The third kappa shape index (κ3) is 3.45. The molecule has 1 aliphatic heterocycles. The van der Waals surface area contributed by atoms with Crippen LogP contribution < -0.4 is 4.74 Å². The van der Waals surface area contributed by atoms with Gasteiger partial charge in [-0.1, -0.05) is 67.2 Å². The molecule has 3 aromatic carbocycles. The molecule has 4 heteroatoms. The number of fused-ring (bicyclic) bond motifs is 1. The first kappa shape index (κ1) is 17.7. The van der Waals surface area contributed by atoms with Gasteiger partial charge in [0.1, 0.15) is 5.75 Å². The Hall–Kier alpha value is -3.66. The van der Waals surface area contributed by atoms with E-state index >= 15 is 0 Å². The molecular formula is C24H19NO3. The van der Waals surface area contributed by atoms with Gasteiger partial charge in [0.2, 0.25) is 0 Å². The van der Waals surface area contributed by atoms with E-state index in [4.69, 9.17) is 4.74 Å². The van der Waals surface area contributed by atoms with Gasteiger partial charge in [-0.15, -0.1) is 0 Å². The molecule has 0 saturated carbocycles. The van der Waals surface area contributed by atoms with Crippen LogP contribution in [-0.4, -0.2) is 23.3 Å². The van der Waals surface area contributed by atoms with Crippen LogP contribution >= 0.6 is 0 Å². The van der Waals surface area contributed by atoms with Crippen molar-refractivity contribution in [2.75, 3.05) is 6.54 Å². The summed E-state index contributed by atoms with van der Waals surface area (Å²) < 4.78 is 5.41. The van der Waals surface area contributed by atoms with E-state index in [1.165, 1.54) is 4.90 Å². The fraction of sp³-hybridized carbons (Fsp3) is 0.0833. The summed E-state index contributed by atoms with van der Waals surface area (Å²) in [6.07, 6.45) is 0.0964. The maximum Gasteiger partial charge on any atom is 0.312 e. The monoisotopic (exact) mass is 369 g/mol. The van der Waals surface area contributed by atoms with Gasteiger partial charge in [-0.05, 0) is 29.3 Å². The summed E-state index contributed by atoms with van der Waals surface area (Å²) in [7, 11) is 0. The molecule has 1 heterocycles. The number of hydrogen-bond acceptors (Lipinski definition) is 3. The summed E-state index contributed by atoms with van der Waals surface area (Å²) in [4.78, 5) is 26.2. The van der Waals surface area contributed by atoms with Crippen molar-refractivity contribution in [3.05, 3.63) is 96.6 Å². The number of ether oxygens (including phenoxy) is 1. The van der Waals surface area contributed by atoms with E-state index in [-0.39, 0.29) is 24.8 Å². The molecule has 28 heavy (non-hydrogen) atoms. The highest BCUT2D eigenvalue weighted by Gasteiger charge is 2.30. The van der Waals surface area contributed by atoms with Crippen LogP contribution in [0.3, 0.4) is 0 Å². The Morgan fingerprint density at radius 2 is 1.43 bits per heavy atom. The van der Waals surface area contributed by atoms with E-state index in [2.05, 4.69) is 6.58 Å². The molecule has 0 spiro atoms. The molecule has 0 saturated heterocycles. The summed E-state index contributed by atoms with van der Waals surface area (Å²) in [6, 6.07) is 24.7. The summed E-state index contributed by atoms with van der Waals surface area (Å²) in [5, 5.41) is 0. The maximum absolute atomic E-state index is 12.5. The number of rotatable bonds is 5. The normalized spacial score (nSPS) is 12.8. The first-order chi connectivity index (χ1) is 13.6. The lowest BCUT2D eigenvalue weighted by Crippen LogP contribution is -2.26. The van der Waals surface area contributed by atoms with E-state index in [0.29, 0.717) is 17.0 Å². The Morgan fingerprint density at radius 1 is 0.821 bits per heavy atom. The molecule has 4 rings (SSSR count). The van der Waals surface area contributed by atoms with Crippen LogP contribution in [-0.2, 0) is 4.79 Å². The number of carbonyl (C=O) groups excluding carboxylic acids is 2. The first-order valence-corrected chi connectivity index (χ1v) is 9.10. The van der Waals surface area contributed by atoms with Crippen LogP contribution in [0.4, 0.5) is 0 Å². The molecule has 0 N–H and O–H groups in total. The zero-order chi connectivity index (χ0) is 19.5. The number of esters is 1. The third-order valence-electron chi connectivity index (χ3n) is 4.77. The minimum absolute atomic E-state index is 0.0964. The van der Waals surface area contributed by atoms with Crippen molar-refractivity contribution in [3.8, 4) is 16.9 Å². The van der Waals surface area contributed by atoms with E-state index in [9.17, 15) is 9.59 Å². The molecule has 138 valence electrons. The molecule has 0 fully saturated rings. The fourth-order valence-corrected chi connectivity index (χ4v) is 3.30. The lowest BCUT2D eigenvalue weighted by Gasteiger charge is -2.16. The average molecular weight is 369 g/mol. The zero-order valence-corrected chi connectivity index (χ0v) is 15.3.